The van der Waals surface area contributed by atoms with Crippen LogP contribution in [0.4, 0.5) is 0 Å². The second-order valence-corrected chi connectivity index (χ2v) is 4.46. The van der Waals surface area contributed by atoms with Gasteiger partial charge in [-0.15, -0.1) is 0 Å². The van der Waals surface area contributed by atoms with E-state index in [1.54, 1.807) is 0 Å². The number of methoxy groups -OCH3 is 1. The van der Waals surface area contributed by atoms with Crippen LogP contribution >= 0.6 is 0 Å². The minimum Gasteiger partial charge on any atom is -0.468 e. The molecule has 1 heterocycles. The van der Waals surface area contributed by atoms with Crippen LogP contribution in [-0.4, -0.2) is 37.3 Å². The maximum absolute atomic E-state index is 11.5. The molecule has 0 amide bonds. The van der Waals surface area contributed by atoms with Gasteiger partial charge in [0.1, 0.15) is 12.8 Å². The number of carbonyl (C=O) groups is 1. The van der Waals surface area contributed by atoms with Crippen molar-refractivity contribution in [1.29, 1.82) is 0 Å². The Morgan fingerprint density at radius 2 is 2.17 bits per heavy atom. The molecule has 0 bridgehead atoms. The van der Waals surface area contributed by atoms with E-state index in [9.17, 15) is 4.79 Å². The van der Waals surface area contributed by atoms with Gasteiger partial charge in [-0.2, -0.15) is 0 Å². The fourth-order valence-electron chi connectivity index (χ4n) is 2.24. The summed E-state index contributed by atoms with van der Waals surface area (Å²) in [5.74, 6) is -0.157. The number of nitrogens with zero attached hydrogens (tertiary/aromatic N) is 1. The summed E-state index contributed by atoms with van der Waals surface area (Å²) >= 11 is 0. The highest BCUT2D eigenvalue weighted by Crippen LogP contribution is 2.18. The zero-order valence-corrected chi connectivity index (χ0v) is 10.7. The highest BCUT2D eigenvalue weighted by molar-refractivity contribution is 5.75. The van der Waals surface area contributed by atoms with E-state index >= 15 is 0 Å². The smallest absolute Gasteiger partial charge is 0.323 e. The number of esters is 1. The molecule has 1 aliphatic heterocycles. The first-order valence-corrected chi connectivity index (χ1v) is 6.25. The molecular weight excluding hydrogens is 230 g/mol. The number of likely N-dealkylation sites (tertiary alicyclic amines) is 1. The van der Waals surface area contributed by atoms with Crippen molar-refractivity contribution < 1.29 is 14.3 Å². The van der Waals surface area contributed by atoms with Crippen LogP contribution in [0.3, 0.4) is 0 Å². The average molecular weight is 249 g/mol. The van der Waals surface area contributed by atoms with Crippen LogP contribution < -0.4 is 0 Å². The van der Waals surface area contributed by atoms with Crippen LogP contribution in [0, 0.1) is 0 Å². The van der Waals surface area contributed by atoms with Crippen LogP contribution in [0.25, 0.3) is 0 Å². The van der Waals surface area contributed by atoms with Gasteiger partial charge in [-0.25, -0.2) is 0 Å². The minimum absolute atomic E-state index is 0.134. The predicted octanol–water partition coefficient (Wildman–Crippen LogP) is 1.80. The van der Waals surface area contributed by atoms with Crippen molar-refractivity contribution in [2.45, 2.75) is 25.5 Å². The van der Waals surface area contributed by atoms with E-state index in [1.807, 2.05) is 35.2 Å². The molecule has 4 heteroatoms. The van der Waals surface area contributed by atoms with Crippen molar-refractivity contribution in [2.24, 2.45) is 0 Å². The lowest BCUT2D eigenvalue weighted by atomic mass is 10.2. The Bertz CT molecular complexity index is 380. The Morgan fingerprint density at radius 1 is 1.39 bits per heavy atom. The first-order valence-electron chi connectivity index (χ1n) is 6.25. The summed E-state index contributed by atoms with van der Waals surface area (Å²) in [6.45, 7) is 1.95. The Labute approximate surface area is 107 Å². The Hall–Kier alpha value is -1.39. The molecule has 18 heavy (non-hydrogen) atoms. The molecule has 0 saturated carbocycles. The maximum atomic E-state index is 11.5. The lowest BCUT2D eigenvalue weighted by molar-refractivity contribution is -0.148. The summed E-state index contributed by atoms with van der Waals surface area (Å²) < 4.78 is 10.4. The number of carbonyl (C=O) groups excluding carboxylic acids is 1. The van der Waals surface area contributed by atoms with E-state index in [0.29, 0.717) is 13.3 Å². The van der Waals surface area contributed by atoms with E-state index in [0.717, 1.165) is 24.9 Å². The molecule has 1 aromatic carbocycles. The molecule has 0 N–H and O–H groups in total. The number of ether oxygens (including phenoxy) is 2. The highest BCUT2D eigenvalue weighted by Gasteiger charge is 2.31. The third-order valence-corrected chi connectivity index (χ3v) is 3.21. The first kappa shape index (κ1) is 13.1. The number of rotatable bonds is 5. The summed E-state index contributed by atoms with van der Waals surface area (Å²) in [5, 5.41) is 0. The molecule has 1 aromatic rings. The molecule has 1 atom stereocenters. The lowest BCUT2D eigenvalue weighted by Gasteiger charge is -2.21. The Kier molecular flexibility index (Phi) is 4.73. The average Bonchev–Trinajstić information content (AvgIpc) is 2.87. The molecule has 0 aromatic heterocycles. The second-order valence-electron chi connectivity index (χ2n) is 4.46. The topological polar surface area (TPSA) is 38.8 Å². The molecule has 4 nitrogen and oxygen atoms in total. The summed E-state index contributed by atoms with van der Waals surface area (Å²) in [5.41, 5.74) is 1.14. The third kappa shape index (κ3) is 3.31. The molecule has 0 aliphatic carbocycles. The minimum atomic E-state index is -0.157. The van der Waals surface area contributed by atoms with Gasteiger partial charge in [0.25, 0.3) is 0 Å². The zero-order valence-electron chi connectivity index (χ0n) is 10.7. The largest absolute Gasteiger partial charge is 0.468 e. The van der Waals surface area contributed by atoms with Gasteiger partial charge in [0.2, 0.25) is 0 Å². The van der Waals surface area contributed by atoms with Gasteiger partial charge in [0.15, 0.2) is 0 Å². The molecule has 0 unspecified atom stereocenters. The van der Waals surface area contributed by atoms with Gasteiger partial charge in [0.05, 0.1) is 13.7 Å². The maximum Gasteiger partial charge on any atom is 0.323 e. The number of hydrogen-bond donors (Lipinski definition) is 0. The van der Waals surface area contributed by atoms with Crippen molar-refractivity contribution >= 4 is 5.97 Å². The molecular formula is C14H19NO3. The first-order chi connectivity index (χ1) is 8.81. The summed E-state index contributed by atoms with van der Waals surface area (Å²) in [4.78, 5) is 13.6. The normalized spacial score (nSPS) is 19.9. The van der Waals surface area contributed by atoms with E-state index in [1.165, 1.54) is 7.11 Å². The fourth-order valence-corrected chi connectivity index (χ4v) is 2.24. The predicted molar refractivity (Wildman–Crippen MR) is 67.8 cm³/mol. The summed E-state index contributed by atoms with van der Waals surface area (Å²) in [6, 6.07) is 9.89. The van der Waals surface area contributed by atoms with Gasteiger partial charge in [-0.1, -0.05) is 30.3 Å². The molecule has 1 saturated heterocycles. The van der Waals surface area contributed by atoms with Gasteiger partial charge < -0.3 is 9.47 Å². The molecule has 98 valence electrons. The van der Waals surface area contributed by atoms with Crippen molar-refractivity contribution in [2.75, 3.05) is 20.4 Å². The second kappa shape index (κ2) is 6.52. The van der Waals surface area contributed by atoms with Gasteiger partial charge in [0, 0.05) is 6.54 Å². The fraction of sp³-hybridized carbons (Fsp3) is 0.500. The van der Waals surface area contributed by atoms with Gasteiger partial charge in [-0.3, -0.25) is 9.69 Å². The molecule has 1 fully saturated rings. The Morgan fingerprint density at radius 3 is 2.89 bits per heavy atom. The molecule has 2 rings (SSSR count). The molecule has 1 aliphatic rings. The highest BCUT2D eigenvalue weighted by atomic mass is 16.5. The van der Waals surface area contributed by atoms with E-state index in [2.05, 4.69) is 0 Å². The van der Waals surface area contributed by atoms with Crippen LogP contribution in [0.2, 0.25) is 0 Å². The standard InChI is InChI=1S/C14H19NO3/c1-17-14(16)13-8-5-9-15(13)11-18-10-12-6-3-2-4-7-12/h2-4,6-7,13H,5,8-11H2,1H3/t13-/m0/s1. The van der Waals surface area contributed by atoms with Crippen molar-refractivity contribution in [3.63, 3.8) is 0 Å². The quantitative estimate of drug-likeness (QED) is 0.746. The monoisotopic (exact) mass is 249 g/mol. The SMILES string of the molecule is COC(=O)[C@@H]1CCCN1COCc1ccccc1. The van der Waals surface area contributed by atoms with Crippen LogP contribution in [0.15, 0.2) is 30.3 Å². The van der Waals surface area contributed by atoms with E-state index in [-0.39, 0.29) is 12.0 Å². The number of benzene rings is 1. The zero-order chi connectivity index (χ0) is 12.8. The molecule has 0 spiro atoms. The third-order valence-electron chi connectivity index (χ3n) is 3.21. The van der Waals surface area contributed by atoms with Crippen LogP contribution in [0.5, 0.6) is 0 Å². The lowest BCUT2D eigenvalue weighted by Crippen LogP contribution is -2.38. The summed E-state index contributed by atoms with van der Waals surface area (Å²) in [7, 11) is 1.43. The molecule has 0 radical (unpaired) electrons. The Balaban J connectivity index is 1.78. The van der Waals surface area contributed by atoms with Gasteiger partial charge >= 0.3 is 5.97 Å². The van der Waals surface area contributed by atoms with Crippen LogP contribution in [0.1, 0.15) is 18.4 Å². The van der Waals surface area contributed by atoms with E-state index < -0.39 is 0 Å². The van der Waals surface area contributed by atoms with Crippen molar-refractivity contribution in [3.8, 4) is 0 Å². The van der Waals surface area contributed by atoms with E-state index in [4.69, 9.17) is 9.47 Å². The van der Waals surface area contributed by atoms with Crippen LogP contribution in [-0.2, 0) is 20.9 Å². The summed E-state index contributed by atoms with van der Waals surface area (Å²) in [6.07, 6.45) is 1.88. The van der Waals surface area contributed by atoms with Gasteiger partial charge in [-0.05, 0) is 18.4 Å². The number of hydrogen-bond acceptors (Lipinski definition) is 4. The van der Waals surface area contributed by atoms with Crippen molar-refractivity contribution in [3.05, 3.63) is 35.9 Å². The van der Waals surface area contributed by atoms with Crippen molar-refractivity contribution in [1.82, 2.24) is 4.90 Å².